The molecule has 3 aromatic rings. The molecule has 1 unspecified atom stereocenters. The summed E-state index contributed by atoms with van der Waals surface area (Å²) >= 11 is 3.42. The maximum Gasteiger partial charge on any atom is 0.227 e. The molecule has 0 bridgehead atoms. The molecule has 148 valence electrons. The van der Waals surface area contributed by atoms with Gasteiger partial charge in [-0.3, -0.25) is 9.59 Å². The van der Waals surface area contributed by atoms with Gasteiger partial charge >= 0.3 is 0 Å². The third-order valence-electron chi connectivity index (χ3n) is 4.80. The number of nitrogens with one attached hydrogen (secondary N) is 1. The molecule has 29 heavy (non-hydrogen) atoms. The van der Waals surface area contributed by atoms with E-state index in [9.17, 15) is 9.59 Å². The fourth-order valence-corrected chi connectivity index (χ4v) is 3.79. The van der Waals surface area contributed by atoms with Gasteiger partial charge in [0.05, 0.1) is 5.92 Å². The number of anilines is 1. The first-order valence-corrected chi connectivity index (χ1v) is 10.0. The van der Waals surface area contributed by atoms with Crippen LogP contribution in [0, 0.1) is 12.8 Å². The number of nitrogens with zero attached hydrogens (tertiary/aromatic N) is 3. The van der Waals surface area contributed by atoms with E-state index in [4.69, 9.17) is 4.52 Å². The minimum Gasteiger partial charge on any atom is -0.352 e. The second-order valence-corrected chi connectivity index (χ2v) is 7.86. The van der Waals surface area contributed by atoms with Gasteiger partial charge in [0.15, 0.2) is 0 Å². The van der Waals surface area contributed by atoms with Crippen molar-refractivity contribution < 1.29 is 14.1 Å². The monoisotopic (exact) mass is 454 g/mol. The standard InChI is InChI=1S/C21H19BrN4O3/c1-13-24-20(25-29-13)15-5-3-7-18(9-15)26-12-16(10-19(26)27)21(28)23-11-14-4-2-6-17(22)8-14/h2-9,16H,10-12H2,1H3,(H,23,28). The van der Waals surface area contributed by atoms with Gasteiger partial charge in [-0.1, -0.05) is 45.4 Å². The highest BCUT2D eigenvalue weighted by Crippen LogP contribution is 2.28. The molecular weight excluding hydrogens is 436 g/mol. The second-order valence-electron chi connectivity index (χ2n) is 6.94. The van der Waals surface area contributed by atoms with Crippen LogP contribution in [0.1, 0.15) is 17.9 Å². The summed E-state index contributed by atoms with van der Waals surface area (Å²) in [4.78, 5) is 31.0. The molecule has 0 aliphatic carbocycles. The average molecular weight is 455 g/mol. The predicted octanol–water partition coefficient (Wildman–Crippen LogP) is 3.48. The highest BCUT2D eigenvalue weighted by molar-refractivity contribution is 9.10. The van der Waals surface area contributed by atoms with Crippen molar-refractivity contribution in [3.05, 3.63) is 64.5 Å². The SMILES string of the molecule is Cc1nc(-c2cccc(N3CC(C(=O)NCc4cccc(Br)c4)CC3=O)c2)no1. The van der Waals surface area contributed by atoms with Crippen molar-refractivity contribution in [1.82, 2.24) is 15.5 Å². The van der Waals surface area contributed by atoms with Gasteiger partial charge in [-0.15, -0.1) is 0 Å². The number of benzene rings is 2. The predicted molar refractivity (Wildman–Crippen MR) is 111 cm³/mol. The number of hydrogen-bond acceptors (Lipinski definition) is 5. The zero-order valence-corrected chi connectivity index (χ0v) is 17.3. The molecule has 1 saturated heterocycles. The molecule has 0 radical (unpaired) electrons. The summed E-state index contributed by atoms with van der Waals surface area (Å²) in [6.07, 6.45) is 0.190. The van der Waals surface area contributed by atoms with E-state index in [0.717, 1.165) is 21.3 Å². The second kappa shape index (κ2) is 8.16. The normalized spacial score (nSPS) is 16.3. The molecule has 2 aromatic carbocycles. The first-order chi connectivity index (χ1) is 14.0. The van der Waals surface area contributed by atoms with Gasteiger partial charge in [-0.25, -0.2) is 0 Å². The van der Waals surface area contributed by atoms with Gasteiger partial charge in [0.1, 0.15) is 0 Å². The van der Waals surface area contributed by atoms with Crippen LogP contribution in [0.4, 0.5) is 5.69 Å². The molecule has 1 aliphatic heterocycles. The van der Waals surface area contributed by atoms with E-state index in [1.807, 2.05) is 48.5 Å². The molecule has 7 nitrogen and oxygen atoms in total. The minimum absolute atomic E-state index is 0.0750. The Morgan fingerprint density at radius 1 is 1.28 bits per heavy atom. The Hall–Kier alpha value is -3.00. The number of carbonyl (C=O) groups excluding carboxylic acids is 2. The maximum atomic E-state index is 12.6. The van der Waals surface area contributed by atoms with Gasteiger partial charge < -0.3 is 14.7 Å². The Morgan fingerprint density at radius 3 is 2.86 bits per heavy atom. The lowest BCUT2D eigenvalue weighted by molar-refractivity contribution is -0.126. The molecule has 1 fully saturated rings. The number of aryl methyl sites for hydroxylation is 1. The van der Waals surface area contributed by atoms with E-state index in [1.54, 1.807) is 11.8 Å². The molecule has 4 rings (SSSR count). The maximum absolute atomic E-state index is 12.6. The summed E-state index contributed by atoms with van der Waals surface area (Å²) in [6.45, 7) is 2.50. The number of aromatic nitrogens is 2. The number of halogens is 1. The van der Waals surface area contributed by atoms with Crippen LogP contribution >= 0.6 is 15.9 Å². The molecule has 1 atom stereocenters. The van der Waals surface area contributed by atoms with E-state index >= 15 is 0 Å². The fourth-order valence-electron chi connectivity index (χ4n) is 3.34. The van der Waals surface area contributed by atoms with Gasteiger partial charge in [-0.2, -0.15) is 4.98 Å². The Morgan fingerprint density at radius 2 is 2.10 bits per heavy atom. The van der Waals surface area contributed by atoms with E-state index in [0.29, 0.717) is 24.8 Å². The lowest BCUT2D eigenvalue weighted by Gasteiger charge is -2.17. The quantitative estimate of drug-likeness (QED) is 0.637. The van der Waals surface area contributed by atoms with Gasteiger partial charge in [0.25, 0.3) is 0 Å². The van der Waals surface area contributed by atoms with Crippen LogP contribution in [0.15, 0.2) is 57.5 Å². The molecule has 2 amide bonds. The Balaban J connectivity index is 1.43. The zero-order valence-electron chi connectivity index (χ0n) is 15.8. The lowest BCUT2D eigenvalue weighted by atomic mass is 10.1. The Bertz CT molecular complexity index is 1070. The lowest BCUT2D eigenvalue weighted by Crippen LogP contribution is -2.32. The van der Waals surface area contributed by atoms with Crippen LogP contribution in [0.2, 0.25) is 0 Å². The largest absolute Gasteiger partial charge is 0.352 e. The van der Waals surface area contributed by atoms with Crippen molar-refractivity contribution in [1.29, 1.82) is 0 Å². The summed E-state index contributed by atoms with van der Waals surface area (Å²) in [7, 11) is 0. The van der Waals surface area contributed by atoms with Crippen molar-refractivity contribution in [2.75, 3.05) is 11.4 Å². The summed E-state index contributed by atoms with van der Waals surface area (Å²) in [5.74, 6) is 0.370. The first kappa shape index (κ1) is 19.3. The third-order valence-corrected chi connectivity index (χ3v) is 5.29. The van der Waals surface area contributed by atoms with Crippen molar-refractivity contribution in [2.45, 2.75) is 19.9 Å². The average Bonchev–Trinajstić information content (AvgIpc) is 3.32. The molecular formula is C21H19BrN4O3. The van der Waals surface area contributed by atoms with Crippen molar-refractivity contribution in [3.63, 3.8) is 0 Å². The number of amides is 2. The van der Waals surface area contributed by atoms with E-state index in [1.165, 1.54) is 0 Å². The topological polar surface area (TPSA) is 88.3 Å². The molecule has 0 saturated carbocycles. The highest BCUT2D eigenvalue weighted by atomic mass is 79.9. The van der Waals surface area contributed by atoms with Gasteiger partial charge in [0, 0.05) is 42.2 Å². The molecule has 1 N–H and O–H groups in total. The van der Waals surface area contributed by atoms with E-state index < -0.39 is 0 Å². The number of carbonyl (C=O) groups is 2. The summed E-state index contributed by atoms with van der Waals surface area (Å²) in [5.41, 5.74) is 2.48. The smallest absolute Gasteiger partial charge is 0.227 e. The van der Waals surface area contributed by atoms with Crippen molar-refractivity contribution >= 4 is 33.4 Å². The molecule has 1 aromatic heterocycles. The van der Waals surface area contributed by atoms with Crippen LogP contribution in [-0.4, -0.2) is 28.5 Å². The zero-order chi connectivity index (χ0) is 20.4. The van der Waals surface area contributed by atoms with Crippen LogP contribution < -0.4 is 10.2 Å². The molecule has 8 heteroatoms. The summed E-state index contributed by atoms with van der Waals surface area (Å²) in [6, 6.07) is 15.1. The summed E-state index contributed by atoms with van der Waals surface area (Å²) in [5, 5.41) is 6.85. The highest BCUT2D eigenvalue weighted by Gasteiger charge is 2.35. The fraction of sp³-hybridized carbons (Fsp3) is 0.238. The van der Waals surface area contributed by atoms with Gasteiger partial charge in [0.2, 0.25) is 23.5 Å². The molecule has 1 aliphatic rings. The third kappa shape index (κ3) is 4.37. The van der Waals surface area contributed by atoms with E-state index in [-0.39, 0.29) is 24.2 Å². The Labute approximate surface area is 176 Å². The first-order valence-electron chi connectivity index (χ1n) is 9.23. The van der Waals surface area contributed by atoms with Crippen molar-refractivity contribution in [2.24, 2.45) is 5.92 Å². The molecule has 0 spiro atoms. The molecule has 2 heterocycles. The van der Waals surface area contributed by atoms with Crippen LogP contribution in [0.5, 0.6) is 0 Å². The number of rotatable bonds is 5. The Kier molecular flexibility index (Phi) is 5.44. The van der Waals surface area contributed by atoms with Gasteiger partial charge in [-0.05, 0) is 29.8 Å². The van der Waals surface area contributed by atoms with Crippen molar-refractivity contribution in [3.8, 4) is 11.4 Å². The van der Waals surface area contributed by atoms with Crippen LogP contribution in [0.3, 0.4) is 0 Å². The van der Waals surface area contributed by atoms with E-state index in [2.05, 4.69) is 31.4 Å². The summed E-state index contributed by atoms with van der Waals surface area (Å²) < 4.78 is 5.99. The van der Waals surface area contributed by atoms with Crippen LogP contribution in [0.25, 0.3) is 11.4 Å². The van der Waals surface area contributed by atoms with Crippen LogP contribution in [-0.2, 0) is 16.1 Å². The number of hydrogen-bond donors (Lipinski definition) is 1. The minimum atomic E-state index is -0.384.